The lowest BCUT2D eigenvalue weighted by Gasteiger charge is -2.33. The number of likely N-dealkylation sites (N-methyl/N-ethyl adjacent to an activating group) is 1. The first-order valence-corrected chi connectivity index (χ1v) is 8.26. The Morgan fingerprint density at radius 2 is 2.05 bits per heavy atom. The summed E-state index contributed by atoms with van der Waals surface area (Å²) in [5, 5.41) is 0. The second kappa shape index (κ2) is 4.85. The van der Waals surface area contributed by atoms with Gasteiger partial charge in [0.15, 0.2) is 0 Å². The summed E-state index contributed by atoms with van der Waals surface area (Å²) in [4.78, 5) is 2.57. The largest absolute Gasteiger partial charge is 0.323 e. The van der Waals surface area contributed by atoms with Gasteiger partial charge in [-0.1, -0.05) is 30.7 Å². The van der Waals surface area contributed by atoms with Crippen molar-refractivity contribution in [1.82, 2.24) is 4.90 Å². The average molecular weight is 270 g/mol. The molecule has 20 heavy (non-hydrogen) atoms. The number of rotatable bonds is 3. The number of nitrogens with zero attached hydrogens (tertiary/aromatic N) is 1. The van der Waals surface area contributed by atoms with Gasteiger partial charge in [0, 0.05) is 18.6 Å². The van der Waals surface area contributed by atoms with E-state index in [2.05, 4.69) is 36.2 Å². The predicted molar refractivity (Wildman–Crippen MR) is 82.4 cm³/mol. The Morgan fingerprint density at radius 3 is 2.75 bits per heavy atom. The van der Waals surface area contributed by atoms with E-state index >= 15 is 0 Å². The maximum Gasteiger partial charge on any atom is 0.0459 e. The second-order valence-electron chi connectivity index (χ2n) is 7.37. The highest BCUT2D eigenvalue weighted by Gasteiger charge is 2.41. The van der Waals surface area contributed by atoms with Crippen LogP contribution in [0.4, 0.5) is 0 Å². The van der Waals surface area contributed by atoms with Gasteiger partial charge in [-0.3, -0.25) is 0 Å². The minimum Gasteiger partial charge on any atom is -0.323 e. The zero-order valence-electron chi connectivity index (χ0n) is 12.5. The molecule has 2 saturated carbocycles. The standard InChI is InChI=1S/C18H26N2/c1-20(11-15-9-12-6-7-13(15)8-12)17-10-14-4-2-3-5-16(14)18(17)19/h2-5,12-13,15,17-18H,6-11,19H2,1H3. The number of hydrogen-bond acceptors (Lipinski definition) is 2. The molecule has 1 aromatic rings. The average Bonchev–Trinajstić information content (AvgIpc) is 3.14. The molecule has 3 aliphatic rings. The molecule has 2 bridgehead atoms. The highest BCUT2D eigenvalue weighted by Crippen LogP contribution is 2.48. The van der Waals surface area contributed by atoms with Crippen LogP contribution in [-0.4, -0.2) is 24.5 Å². The maximum absolute atomic E-state index is 6.50. The van der Waals surface area contributed by atoms with Gasteiger partial charge in [0.05, 0.1) is 0 Å². The highest BCUT2D eigenvalue weighted by molar-refractivity contribution is 5.36. The molecule has 0 radical (unpaired) electrons. The van der Waals surface area contributed by atoms with Crippen molar-refractivity contribution in [3.63, 3.8) is 0 Å². The van der Waals surface area contributed by atoms with Crippen LogP contribution in [0.5, 0.6) is 0 Å². The third-order valence-electron chi connectivity index (χ3n) is 6.23. The fourth-order valence-electron chi connectivity index (χ4n) is 5.14. The zero-order valence-corrected chi connectivity index (χ0v) is 12.5. The molecular weight excluding hydrogens is 244 g/mol. The van der Waals surface area contributed by atoms with Crippen LogP contribution in [0.25, 0.3) is 0 Å². The normalized spacial score (nSPS) is 38.6. The third-order valence-corrected chi connectivity index (χ3v) is 6.23. The molecule has 0 heterocycles. The second-order valence-corrected chi connectivity index (χ2v) is 7.37. The molecule has 5 atom stereocenters. The third kappa shape index (κ3) is 2.01. The van der Waals surface area contributed by atoms with Crippen LogP contribution in [0.15, 0.2) is 24.3 Å². The van der Waals surface area contributed by atoms with Crippen molar-refractivity contribution in [2.24, 2.45) is 23.5 Å². The number of nitrogens with two attached hydrogens (primary N) is 1. The molecule has 0 spiro atoms. The van der Waals surface area contributed by atoms with E-state index in [0.29, 0.717) is 6.04 Å². The first kappa shape index (κ1) is 12.8. The van der Waals surface area contributed by atoms with Crippen molar-refractivity contribution in [3.05, 3.63) is 35.4 Å². The van der Waals surface area contributed by atoms with Gasteiger partial charge in [0.1, 0.15) is 0 Å². The Hall–Kier alpha value is -0.860. The number of fused-ring (bicyclic) bond motifs is 3. The van der Waals surface area contributed by atoms with Crippen molar-refractivity contribution >= 4 is 0 Å². The summed E-state index contributed by atoms with van der Waals surface area (Å²) in [6.45, 7) is 1.26. The van der Waals surface area contributed by atoms with Gasteiger partial charge >= 0.3 is 0 Å². The van der Waals surface area contributed by atoms with E-state index in [1.807, 2.05) is 0 Å². The van der Waals surface area contributed by atoms with Crippen LogP contribution in [0.2, 0.25) is 0 Å². The quantitative estimate of drug-likeness (QED) is 0.915. The first-order chi connectivity index (χ1) is 9.72. The summed E-state index contributed by atoms with van der Waals surface area (Å²) in [5.74, 6) is 3.00. The Bertz CT molecular complexity index is 498. The molecule has 2 nitrogen and oxygen atoms in total. The van der Waals surface area contributed by atoms with Crippen molar-refractivity contribution in [2.45, 2.75) is 44.2 Å². The number of benzene rings is 1. The molecule has 0 aliphatic heterocycles. The topological polar surface area (TPSA) is 29.3 Å². The molecule has 0 saturated heterocycles. The van der Waals surface area contributed by atoms with E-state index in [9.17, 15) is 0 Å². The van der Waals surface area contributed by atoms with E-state index in [4.69, 9.17) is 5.73 Å². The summed E-state index contributed by atoms with van der Waals surface area (Å²) in [7, 11) is 2.29. The van der Waals surface area contributed by atoms with Crippen molar-refractivity contribution in [2.75, 3.05) is 13.6 Å². The van der Waals surface area contributed by atoms with Gasteiger partial charge in [0.25, 0.3) is 0 Å². The van der Waals surface area contributed by atoms with Crippen LogP contribution in [0.3, 0.4) is 0 Å². The lowest BCUT2D eigenvalue weighted by atomic mass is 9.88. The van der Waals surface area contributed by atoms with Crippen molar-refractivity contribution in [1.29, 1.82) is 0 Å². The molecular formula is C18H26N2. The van der Waals surface area contributed by atoms with E-state index in [1.165, 1.54) is 43.4 Å². The van der Waals surface area contributed by atoms with Gasteiger partial charge in [-0.25, -0.2) is 0 Å². The molecule has 2 heteroatoms. The van der Waals surface area contributed by atoms with Gasteiger partial charge in [-0.15, -0.1) is 0 Å². The lowest BCUT2D eigenvalue weighted by molar-refractivity contribution is 0.161. The molecule has 1 aromatic carbocycles. The Balaban J connectivity index is 1.44. The SMILES string of the molecule is CN(CC1CC2CCC1C2)C1Cc2ccccc2C1N. The molecule has 0 amide bonds. The van der Waals surface area contributed by atoms with E-state index in [-0.39, 0.29) is 6.04 Å². The summed E-state index contributed by atoms with van der Waals surface area (Å²) in [6, 6.07) is 9.44. The van der Waals surface area contributed by atoms with Crippen molar-refractivity contribution in [3.8, 4) is 0 Å². The lowest BCUT2D eigenvalue weighted by Crippen LogP contribution is -2.41. The van der Waals surface area contributed by atoms with E-state index in [0.717, 1.165) is 24.2 Å². The minimum atomic E-state index is 0.204. The Morgan fingerprint density at radius 1 is 1.20 bits per heavy atom. The summed E-state index contributed by atoms with van der Waals surface area (Å²) in [5.41, 5.74) is 9.34. The van der Waals surface area contributed by atoms with Crippen LogP contribution < -0.4 is 5.73 Å². The minimum absolute atomic E-state index is 0.204. The van der Waals surface area contributed by atoms with Gasteiger partial charge in [-0.2, -0.15) is 0 Å². The van der Waals surface area contributed by atoms with Crippen LogP contribution in [-0.2, 0) is 6.42 Å². The summed E-state index contributed by atoms with van der Waals surface area (Å²) < 4.78 is 0. The van der Waals surface area contributed by atoms with Crippen LogP contribution >= 0.6 is 0 Å². The first-order valence-electron chi connectivity index (χ1n) is 8.26. The number of hydrogen-bond donors (Lipinski definition) is 1. The van der Waals surface area contributed by atoms with E-state index < -0.39 is 0 Å². The molecule has 3 aliphatic carbocycles. The molecule has 4 rings (SSSR count). The molecule has 108 valence electrons. The Kier molecular flexibility index (Phi) is 3.12. The monoisotopic (exact) mass is 270 g/mol. The fraction of sp³-hybridized carbons (Fsp3) is 0.667. The molecule has 2 fully saturated rings. The summed E-state index contributed by atoms with van der Waals surface area (Å²) in [6.07, 6.45) is 7.10. The van der Waals surface area contributed by atoms with Crippen LogP contribution in [0, 0.1) is 17.8 Å². The van der Waals surface area contributed by atoms with Gasteiger partial charge in [-0.05, 0) is 61.6 Å². The smallest absolute Gasteiger partial charge is 0.0459 e. The molecule has 5 unspecified atom stereocenters. The fourth-order valence-corrected chi connectivity index (χ4v) is 5.14. The van der Waals surface area contributed by atoms with Crippen LogP contribution in [0.1, 0.15) is 42.9 Å². The van der Waals surface area contributed by atoms with Crippen molar-refractivity contribution < 1.29 is 0 Å². The van der Waals surface area contributed by atoms with E-state index in [1.54, 1.807) is 0 Å². The molecule has 2 N–H and O–H groups in total. The zero-order chi connectivity index (χ0) is 13.7. The predicted octanol–water partition coefficient (Wildman–Crippen LogP) is 2.98. The molecule has 0 aromatic heterocycles. The Labute approximate surface area is 122 Å². The highest BCUT2D eigenvalue weighted by atomic mass is 15.2. The van der Waals surface area contributed by atoms with Gasteiger partial charge in [0.2, 0.25) is 0 Å². The summed E-state index contributed by atoms with van der Waals surface area (Å²) >= 11 is 0. The van der Waals surface area contributed by atoms with Gasteiger partial charge < -0.3 is 10.6 Å². The maximum atomic E-state index is 6.50.